The minimum absolute atomic E-state index is 0.140. The first-order valence-electron chi connectivity index (χ1n) is 5.98. The second-order valence-corrected chi connectivity index (χ2v) is 5.00. The second-order valence-electron chi connectivity index (χ2n) is 4.08. The van der Waals surface area contributed by atoms with E-state index < -0.39 is 6.04 Å². The van der Waals surface area contributed by atoms with E-state index in [2.05, 4.69) is 22.5 Å². The summed E-state index contributed by atoms with van der Waals surface area (Å²) >= 11 is 1.27. The molecule has 0 aliphatic carbocycles. The van der Waals surface area contributed by atoms with Gasteiger partial charge in [-0.15, -0.1) is 11.3 Å². The van der Waals surface area contributed by atoms with Crippen molar-refractivity contribution in [3.8, 4) is 11.8 Å². The maximum atomic E-state index is 12.1. The summed E-state index contributed by atoms with van der Waals surface area (Å²) in [5.74, 6) is 4.80. The van der Waals surface area contributed by atoms with Crippen LogP contribution in [0, 0.1) is 11.8 Å². The quantitative estimate of drug-likeness (QED) is 0.671. The number of carbonyl (C=O) groups is 2. The Hall–Kier alpha value is -1.84. The van der Waals surface area contributed by atoms with Gasteiger partial charge in [0.15, 0.2) is 0 Å². The van der Waals surface area contributed by atoms with Gasteiger partial charge in [0.25, 0.3) is 5.91 Å². The molecule has 2 rings (SSSR count). The van der Waals surface area contributed by atoms with Crippen molar-refractivity contribution in [2.24, 2.45) is 0 Å². The van der Waals surface area contributed by atoms with Crippen LogP contribution in [0.25, 0.3) is 0 Å². The molecule has 1 fully saturated rings. The third-order valence-electron chi connectivity index (χ3n) is 2.76. The largest absolute Gasteiger partial charge is 0.384 e. The molecule has 1 aliphatic rings. The minimum Gasteiger partial charge on any atom is -0.384 e. The average Bonchev–Trinajstić information content (AvgIpc) is 2.87. The first kappa shape index (κ1) is 13.6. The maximum Gasteiger partial charge on any atom is 0.263 e. The average molecular weight is 278 g/mol. The van der Waals surface area contributed by atoms with Crippen LogP contribution in [0.15, 0.2) is 11.4 Å². The number of hydrogen-bond donors (Lipinski definition) is 3. The molecule has 100 valence electrons. The van der Waals surface area contributed by atoms with Gasteiger partial charge in [-0.25, -0.2) is 0 Å². The van der Waals surface area contributed by atoms with E-state index in [0.717, 1.165) is 6.42 Å². The Bertz CT molecular complexity index is 542. The number of rotatable bonds is 2. The van der Waals surface area contributed by atoms with Crippen molar-refractivity contribution < 1.29 is 14.7 Å². The molecule has 1 aromatic rings. The molecule has 0 bridgehead atoms. The fourth-order valence-corrected chi connectivity index (χ4v) is 2.60. The molecule has 1 unspecified atom stereocenters. The molecule has 1 atom stereocenters. The number of carbonyl (C=O) groups excluding carboxylic acids is 2. The first-order valence-corrected chi connectivity index (χ1v) is 6.86. The molecule has 2 amide bonds. The van der Waals surface area contributed by atoms with Gasteiger partial charge in [-0.1, -0.05) is 11.8 Å². The number of thiophene rings is 1. The van der Waals surface area contributed by atoms with Gasteiger partial charge in [0.05, 0.1) is 0 Å². The molecule has 19 heavy (non-hydrogen) atoms. The lowest BCUT2D eigenvalue weighted by atomic mass is 10.1. The first-order chi connectivity index (χ1) is 9.22. The molecular weight excluding hydrogens is 264 g/mol. The summed E-state index contributed by atoms with van der Waals surface area (Å²) in [5, 5.41) is 15.9. The van der Waals surface area contributed by atoms with E-state index in [1.165, 1.54) is 11.3 Å². The normalized spacial score (nSPS) is 18.2. The van der Waals surface area contributed by atoms with Gasteiger partial charge in [0.1, 0.15) is 17.5 Å². The summed E-state index contributed by atoms with van der Waals surface area (Å²) in [6, 6.07) is 1.26. The van der Waals surface area contributed by atoms with Gasteiger partial charge < -0.3 is 15.7 Å². The second kappa shape index (κ2) is 6.36. The van der Waals surface area contributed by atoms with E-state index in [9.17, 15) is 9.59 Å². The Morgan fingerprint density at radius 1 is 1.63 bits per heavy atom. The molecule has 0 radical (unpaired) electrons. The third-order valence-corrected chi connectivity index (χ3v) is 3.68. The maximum absolute atomic E-state index is 12.1. The van der Waals surface area contributed by atoms with Gasteiger partial charge in [-0.2, -0.15) is 0 Å². The summed E-state index contributed by atoms with van der Waals surface area (Å²) in [6.07, 6.45) is 1.51. The summed E-state index contributed by atoms with van der Waals surface area (Å²) < 4.78 is 0. The van der Waals surface area contributed by atoms with Crippen molar-refractivity contribution in [2.45, 2.75) is 18.9 Å². The van der Waals surface area contributed by atoms with Gasteiger partial charge in [-0.05, 0) is 24.3 Å². The van der Waals surface area contributed by atoms with Gasteiger partial charge in [-0.3, -0.25) is 9.59 Å². The van der Waals surface area contributed by atoms with E-state index in [0.29, 0.717) is 23.4 Å². The third kappa shape index (κ3) is 3.34. The van der Waals surface area contributed by atoms with Crippen molar-refractivity contribution in [2.75, 3.05) is 13.2 Å². The van der Waals surface area contributed by atoms with Crippen LogP contribution < -0.4 is 10.6 Å². The zero-order valence-electron chi connectivity index (χ0n) is 10.2. The molecule has 0 aromatic carbocycles. The van der Waals surface area contributed by atoms with Crippen LogP contribution in [0.3, 0.4) is 0 Å². The predicted molar refractivity (Wildman–Crippen MR) is 71.8 cm³/mol. The lowest BCUT2D eigenvalue weighted by Gasteiger charge is -2.22. The Balaban J connectivity index is 2.07. The van der Waals surface area contributed by atoms with E-state index >= 15 is 0 Å². The number of aliphatic hydroxyl groups is 1. The number of nitrogens with one attached hydrogen (secondary N) is 2. The summed E-state index contributed by atoms with van der Waals surface area (Å²) in [5.41, 5.74) is 0.577. The van der Waals surface area contributed by atoms with Crippen molar-refractivity contribution in [1.29, 1.82) is 0 Å². The van der Waals surface area contributed by atoms with Crippen molar-refractivity contribution in [3.05, 3.63) is 21.9 Å². The van der Waals surface area contributed by atoms with Crippen LogP contribution >= 0.6 is 11.3 Å². The lowest BCUT2D eigenvalue weighted by Crippen LogP contribution is -2.50. The molecular formula is C13H14N2O3S. The molecule has 1 saturated heterocycles. The molecule has 0 saturated carbocycles. The number of hydrogen-bond acceptors (Lipinski definition) is 4. The van der Waals surface area contributed by atoms with E-state index in [4.69, 9.17) is 5.11 Å². The minimum atomic E-state index is -0.470. The van der Waals surface area contributed by atoms with E-state index in [1.807, 2.05) is 0 Å². The van der Waals surface area contributed by atoms with Gasteiger partial charge in [0, 0.05) is 12.1 Å². The highest BCUT2D eigenvalue weighted by atomic mass is 32.1. The smallest absolute Gasteiger partial charge is 0.263 e. The van der Waals surface area contributed by atoms with Gasteiger partial charge >= 0.3 is 0 Å². The summed E-state index contributed by atoms with van der Waals surface area (Å²) in [7, 11) is 0. The van der Waals surface area contributed by atoms with Crippen LogP contribution in [0.4, 0.5) is 0 Å². The van der Waals surface area contributed by atoms with Crippen LogP contribution in [0.5, 0.6) is 0 Å². The highest BCUT2D eigenvalue weighted by Crippen LogP contribution is 2.16. The summed E-state index contributed by atoms with van der Waals surface area (Å²) in [6.45, 7) is 0.416. The summed E-state index contributed by atoms with van der Waals surface area (Å²) in [4.78, 5) is 24.1. The fraction of sp³-hybridized carbons (Fsp3) is 0.385. The highest BCUT2D eigenvalue weighted by molar-refractivity contribution is 7.12. The Morgan fingerprint density at radius 2 is 2.47 bits per heavy atom. The van der Waals surface area contributed by atoms with Crippen LogP contribution in [0.1, 0.15) is 28.1 Å². The lowest BCUT2D eigenvalue weighted by molar-refractivity contribution is -0.124. The van der Waals surface area contributed by atoms with Crippen molar-refractivity contribution in [1.82, 2.24) is 10.6 Å². The van der Waals surface area contributed by atoms with Crippen LogP contribution in [-0.2, 0) is 4.79 Å². The number of aliphatic hydroxyl groups excluding tert-OH is 1. The van der Waals surface area contributed by atoms with Gasteiger partial charge in [0.2, 0.25) is 5.91 Å². The van der Waals surface area contributed by atoms with Crippen molar-refractivity contribution in [3.63, 3.8) is 0 Å². The Labute approximate surface area is 115 Å². The van der Waals surface area contributed by atoms with Crippen molar-refractivity contribution >= 4 is 23.2 Å². The van der Waals surface area contributed by atoms with Crippen LogP contribution in [0.2, 0.25) is 0 Å². The molecule has 6 heteroatoms. The molecule has 5 nitrogen and oxygen atoms in total. The topological polar surface area (TPSA) is 78.4 Å². The molecule has 1 aliphatic heterocycles. The van der Waals surface area contributed by atoms with E-state index in [-0.39, 0.29) is 18.4 Å². The zero-order chi connectivity index (χ0) is 13.7. The predicted octanol–water partition coefficient (Wildman–Crippen LogP) is 0.100. The Kier molecular flexibility index (Phi) is 4.55. The highest BCUT2D eigenvalue weighted by Gasteiger charge is 2.25. The fourth-order valence-electron chi connectivity index (χ4n) is 1.85. The molecule has 0 spiro atoms. The zero-order valence-corrected chi connectivity index (χ0v) is 11.0. The number of amides is 2. The molecule has 1 aromatic heterocycles. The molecule has 2 heterocycles. The van der Waals surface area contributed by atoms with E-state index in [1.54, 1.807) is 11.4 Å². The monoisotopic (exact) mass is 278 g/mol. The SMILES string of the molecule is O=C(NC1CCCNC1=O)c1sccc1C#CCO. The standard InChI is InChI=1S/C13H14N2O3S/c16-7-2-3-9-5-8-19-11(9)13(18)15-10-4-1-6-14-12(10)17/h5,8,10,16H,1,4,6-7H2,(H,14,17)(H,15,18). The Morgan fingerprint density at radius 3 is 3.21 bits per heavy atom. The van der Waals surface area contributed by atoms with Crippen LogP contribution in [-0.4, -0.2) is 36.1 Å². The number of piperidine rings is 1. The molecule has 3 N–H and O–H groups in total.